The first kappa shape index (κ1) is 29.8. The van der Waals surface area contributed by atoms with Gasteiger partial charge in [0.15, 0.2) is 0 Å². The van der Waals surface area contributed by atoms with Crippen molar-refractivity contribution in [1.29, 1.82) is 0 Å². The molecule has 0 aromatic heterocycles. The molecule has 1 unspecified atom stereocenters. The van der Waals surface area contributed by atoms with Gasteiger partial charge in [0.05, 0.1) is 24.0 Å². The lowest BCUT2D eigenvalue weighted by atomic mass is 9.77. The SMILES string of the molecule is CC1=CCC([P+](CCCC(=O)NC2CC(C)(C)N(C)C(C)(C)C2)(c2ccc(C)cc2)c2ccc(C)cc2)C=C1. The largest absolute Gasteiger partial charge is 0.353 e. The zero-order valence-electron chi connectivity index (χ0n) is 25.6. The summed E-state index contributed by atoms with van der Waals surface area (Å²) >= 11 is 0. The third-order valence-electron chi connectivity index (χ3n) is 9.41. The number of allylic oxidation sites excluding steroid dienone is 4. The lowest BCUT2D eigenvalue weighted by molar-refractivity contribution is -0.123. The number of benzene rings is 2. The zero-order chi connectivity index (χ0) is 28.4. The Morgan fingerprint density at radius 1 is 0.897 bits per heavy atom. The quantitative estimate of drug-likeness (QED) is 0.359. The van der Waals surface area contributed by atoms with Crippen molar-refractivity contribution < 1.29 is 4.79 Å². The maximum atomic E-state index is 13.3. The topological polar surface area (TPSA) is 32.3 Å². The van der Waals surface area contributed by atoms with Crippen LogP contribution in [0.3, 0.4) is 0 Å². The Kier molecular flexibility index (Phi) is 8.94. The van der Waals surface area contributed by atoms with E-state index in [0.29, 0.717) is 12.1 Å². The smallest absolute Gasteiger partial charge is 0.220 e. The van der Waals surface area contributed by atoms with Crippen molar-refractivity contribution in [3.8, 4) is 0 Å². The van der Waals surface area contributed by atoms with Gasteiger partial charge in [0.25, 0.3) is 0 Å². The van der Waals surface area contributed by atoms with Gasteiger partial charge in [-0.25, -0.2) is 0 Å². The highest BCUT2D eigenvalue weighted by molar-refractivity contribution is 7.90. The monoisotopic (exact) mass is 545 g/mol. The minimum atomic E-state index is -1.81. The van der Waals surface area contributed by atoms with Crippen LogP contribution in [0.25, 0.3) is 0 Å². The standard InChI is InChI=1S/C35H49N2OP/c1-26-11-17-30(18-12-26)39(31-19-13-27(2)14-20-31,32-21-15-28(3)16-22-32)23-9-10-33(38)36-29-24-34(4,5)37(8)35(6,7)25-29/h11-21,29,32H,9-10,22-25H2,1-8H3/p+1. The minimum absolute atomic E-state index is 0.0657. The van der Waals surface area contributed by atoms with E-state index in [1.54, 1.807) is 0 Å². The number of rotatable bonds is 8. The number of aryl methyl sites for hydroxylation is 2. The number of piperidine rings is 1. The van der Waals surface area contributed by atoms with Gasteiger partial charge in [-0.3, -0.25) is 9.69 Å². The van der Waals surface area contributed by atoms with Crippen molar-refractivity contribution >= 4 is 23.8 Å². The number of carbonyl (C=O) groups is 1. The molecule has 1 aliphatic heterocycles. The number of likely N-dealkylation sites (tertiary alicyclic amines) is 1. The molecule has 0 saturated carbocycles. The summed E-state index contributed by atoms with van der Waals surface area (Å²) in [4.78, 5) is 15.8. The minimum Gasteiger partial charge on any atom is -0.353 e. The molecule has 4 rings (SSSR count). The van der Waals surface area contributed by atoms with Gasteiger partial charge >= 0.3 is 0 Å². The molecule has 1 fully saturated rings. The van der Waals surface area contributed by atoms with Gasteiger partial charge < -0.3 is 5.32 Å². The van der Waals surface area contributed by atoms with E-state index in [0.717, 1.165) is 31.8 Å². The van der Waals surface area contributed by atoms with Crippen molar-refractivity contribution in [2.75, 3.05) is 13.2 Å². The molecule has 3 nitrogen and oxygen atoms in total. The molecular formula is C35H50N2OP+. The summed E-state index contributed by atoms with van der Waals surface area (Å²) < 4.78 is 0. The van der Waals surface area contributed by atoms with Gasteiger partial charge in [0.2, 0.25) is 5.91 Å². The number of amides is 1. The molecule has 0 spiro atoms. The molecule has 2 aromatic rings. The molecule has 0 radical (unpaired) electrons. The van der Waals surface area contributed by atoms with Crippen LogP contribution in [-0.4, -0.2) is 46.8 Å². The Labute approximate surface area is 238 Å². The number of nitrogens with one attached hydrogen (secondary N) is 1. The summed E-state index contributed by atoms with van der Waals surface area (Å²) in [6.07, 6.45) is 12.7. The molecule has 2 aliphatic rings. The second kappa shape index (κ2) is 11.7. The molecule has 1 amide bonds. The van der Waals surface area contributed by atoms with E-state index in [9.17, 15) is 4.79 Å². The third kappa shape index (κ3) is 6.58. The van der Waals surface area contributed by atoms with Crippen molar-refractivity contribution in [3.63, 3.8) is 0 Å². The second-order valence-corrected chi connectivity index (χ2v) is 17.2. The van der Waals surface area contributed by atoms with Crippen molar-refractivity contribution in [3.05, 3.63) is 83.5 Å². The van der Waals surface area contributed by atoms with Crippen LogP contribution in [0.5, 0.6) is 0 Å². The van der Waals surface area contributed by atoms with Gasteiger partial charge in [-0.2, -0.15) is 0 Å². The summed E-state index contributed by atoms with van der Waals surface area (Å²) in [5, 5.41) is 6.35. The van der Waals surface area contributed by atoms with Crippen molar-refractivity contribution in [2.45, 2.75) is 103 Å². The molecule has 1 heterocycles. The molecular weight excluding hydrogens is 495 g/mol. The van der Waals surface area contributed by atoms with Gasteiger partial charge in [-0.05, 0) is 105 Å². The van der Waals surface area contributed by atoms with Crippen LogP contribution in [0.2, 0.25) is 0 Å². The van der Waals surface area contributed by atoms with Crippen LogP contribution in [-0.2, 0) is 4.79 Å². The van der Waals surface area contributed by atoms with E-state index in [1.165, 1.54) is 27.3 Å². The molecule has 1 saturated heterocycles. The van der Waals surface area contributed by atoms with Crippen LogP contribution in [0.4, 0.5) is 0 Å². The fraction of sp³-hybridized carbons (Fsp3) is 0.514. The number of hydrogen-bond acceptors (Lipinski definition) is 2. The lowest BCUT2D eigenvalue weighted by Crippen LogP contribution is -2.62. The van der Waals surface area contributed by atoms with E-state index >= 15 is 0 Å². The number of carbonyl (C=O) groups excluding carboxylic acids is 1. The summed E-state index contributed by atoms with van der Waals surface area (Å²) in [5.41, 5.74) is 4.51. The average Bonchev–Trinajstić information content (AvgIpc) is 2.87. The average molecular weight is 546 g/mol. The first-order valence-corrected chi connectivity index (χ1v) is 16.8. The maximum Gasteiger partial charge on any atom is 0.220 e. The highest BCUT2D eigenvalue weighted by Gasteiger charge is 2.49. The van der Waals surface area contributed by atoms with Crippen LogP contribution < -0.4 is 15.9 Å². The highest BCUT2D eigenvalue weighted by Crippen LogP contribution is 2.63. The third-order valence-corrected chi connectivity index (χ3v) is 14.4. The van der Waals surface area contributed by atoms with Crippen molar-refractivity contribution in [1.82, 2.24) is 10.2 Å². The normalized spacial score (nSPS) is 21.4. The summed E-state index contributed by atoms with van der Waals surface area (Å²) in [7, 11) is 0.407. The molecule has 1 N–H and O–H groups in total. The van der Waals surface area contributed by atoms with E-state index in [4.69, 9.17) is 0 Å². The first-order valence-electron chi connectivity index (χ1n) is 14.7. The molecule has 2 aromatic carbocycles. The predicted octanol–water partition coefficient (Wildman–Crippen LogP) is 7.09. The molecule has 0 bridgehead atoms. The fourth-order valence-electron chi connectivity index (χ4n) is 6.88. The van der Waals surface area contributed by atoms with E-state index < -0.39 is 7.26 Å². The second-order valence-electron chi connectivity index (χ2n) is 13.3. The van der Waals surface area contributed by atoms with Crippen LogP contribution >= 0.6 is 7.26 Å². The van der Waals surface area contributed by atoms with Crippen LogP contribution in [0.1, 0.15) is 77.8 Å². The lowest BCUT2D eigenvalue weighted by Gasteiger charge is -2.53. The number of nitrogens with zero attached hydrogens (tertiary/aromatic N) is 1. The fourth-order valence-corrected chi connectivity index (χ4v) is 11.7. The predicted molar refractivity (Wildman–Crippen MR) is 171 cm³/mol. The molecule has 39 heavy (non-hydrogen) atoms. The Hall–Kier alpha value is -2.22. The molecule has 210 valence electrons. The van der Waals surface area contributed by atoms with Gasteiger partial charge in [0, 0.05) is 30.0 Å². The zero-order valence-corrected chi connectivity index (χ0v) is 26.4. The van der Waals surface area contributed by atoms with Crippen molar-refractivity contribution in [2.24, 2.45) is 0 Å². The molecule has 4 heteroatoms. The Bertz CT molecular complexity index is 1140. The van der Waals surface area contributed by atoms with E-state index in [1.807, 2.05) is 0 Å². The molecule has 1 aliphatic carbocycles. The van der Waals surface area contributed by atoms with Crippen LogP contribution in [0.15, 0.2) is 72.3 Å². The Morgan fingerprint density at radius 3 is 1.87 bits per heavy atom. The number of hydrogen-bond donors (Lipinski definition) is 1. The van der Waals surface area contributed by atoms with E-state index in [-0.39, 0.29) is 23.0 Å². The highest BCUT2D eigenvalue weighted by atomic mass is 31.2. The Morgan fingerprint density at radius 2 is 1.41 bits per heavy atom. The van der Waals surface area contributed by atoms with Gasteiger partial charge in [-0.15, -0.1) is 0 Å². The van der Waals surface area contributed by atoms with Gasteiger partial charge in [-0.1, -0.05) is 53.1 Å². The Balaban J connectivity index is 1.58. The maximum absolute atomic E-state index is 13.3. The molecule has 1 atom stereocenters. The summed E-state index contributed by atoms with van der Waals surface area (Å²) in [5.74, 6) is 0.206. The summed E-state index contributed by atoms with van der Waals surface area (Å²) in [6.45, 7) is 15.7. The first-order chi connectivity index (χ1) is 18.3. The summed E-state index contributed by atoms with van der Waals surface area (Å²) in [6, 6.07) is 18.8. The van der Waals surface area contributed by atoms with Gasteiger partial charge in [0.1, 0.15) is 5.66 Å². The van der Waals surface area contributed by atoms with Crippen LogP contribution in [0, 0.1) is 13.8 Å². The van der Waals surface area contributed by atoms with E-state index in [2.05, 4.69) is 132 Å².